The van der Waals surface area contributed by atoms with Gasteiger partial charge < -0.3 is 14.8 Å². The topological polar surface area (TPSA) is 64.6 Å². The fourth-order valence-electron chi connectivity index (χ4n) is 2.43. The molecule has 0 spiro atoms. The second-order valence-electron chi connectivity index (χ2n) is 5.54. The van der Waals surface area contributed by atoms with Gasteiger partial charge in [0.1, 0.15) is 5.75 Å². The fourth-order valence-corrected chi connectivity index (χ4v) is 2.60. The molecule has 0 aromatic heterocycles. The quantitative estimate of drug-likeness (QED) is 0.789. The number of methoxy groups -OCH3 is 2. The molecule has 2 rings (SSSR count). The second-order valence-corrected chi connectivity index (χ2v) is 5.95. The number of anilines is 1. The van der Waals surface area contributed by atoms with E-state index in [2.05, 4.69) is 10.1 Å². The number of carbonyl (C=O) groups is 2. The molecule has 2 aromatic carbocycles. The average Bonchev–Trinajstić information content (AvgIpc) is 2.61. The molecule has 0 atom stereocenters. The number of aryl methyl sites for hydroxylation is 2. The number of nitrogens with one attached hydrogen (secondary N) is 1. The van der Waals surface area contributed by atoms with E-state index >= 15 is 0 Å². The first-order valence-corrected chi connectivity index (χ1v) is 8.13. The van der Waals surface area contributed by atoms with Gasteiger partial charge in [-0.3, -0.25) is 4.79 Å². The van der Waals surface area contributed by atoms with Crippen molar-refractivity contribution < 1.29 is 19.1 Å². The van der Waals surface area contributed by atoms with Gasteiger partial charge in [0.2, 0.25) is 5.91 Å². The van der Waals surface area contributed by atoms with E-state index in [1.807, 2.05) is 25.1 Å². The van der Waals surface area contributed by atoms with Crippen molar-refractivity contribution in [3.63, 3.8) is 0 Å². The lowest BCUT2D eigenvalue weighted by molar-refractivity contribution is -0.116. The number of hydrogen-bond donors (Lipinski definition) is 1. The van der Waals surface area contributed by atoms with E-state index in [0.29, 0.717) is 29.1 Å². The molecular weight excluding hydrogens is 342 g/mol. The van der Waals surface area contributed by atoms with E-state index in [9.17, 15) is 9.59 Å². The number of amides is 1. The molecule has 132 valence electrons. The summed E-state index contributed by atoms with van der Waals surface area (Å²) in [6.45, 7) is 1.96. The van der Waals surface area contributed by atoms with Gasteiger partial charge in [-0.2, -0.15) is 0 Å². The van der Waals surface area contributed by atoms with Gasteiger partial charge in [-0.1, -0.05) is 23.7 Å². The normalized spacial score (nSPS) is 10.2. The van der Waals surface area contributed by atoms with Crippen LogP contribution in [-0.2, 0) is 16.0 Å². The molecular formula is C19H20ClNO4. The van der Waals surface area contributed by atoms with Gasteiger partial charge in [0.05, 0.1) is 30.5 Å². The monoisotopic (exact) mass is 361 g/mol. The molecule has 1 amide bonds. The summed E-state index contributed by atoms with van der Waals surface area (Å²) in [6, 6.07) is 10.4. The van der Waals surface area contributed by atoms with Crippen molar-refractivity contribution in [2.75, 3.05) is 19.5 Å². The minimum absolute atomic E-state index is 0.183. The van der Waals surface area contributed by atoms with Gasteiger partial charge in [0.25, 0.3) is 0 Å². The van der Waals surface area contributed by atoms with Crippen molar-refractivity contribution in [2.24, 2.45) is 0 Å². The molecule has 0 saturated carbocycles. The van der Waals surface area contributed by atoms with Gasteiger partial charge in [-0.05, 0) is 48.7 Å². The molecule has 0 aliphatic rings. The van der Waals surface area contributed by atoms with Gasteiger partial charge >= 0.3 is 5.97 Å². The molecule has 25 heavy (non-hydrogen) atoms. The highest BCUT2D eigenvalue weighted by Gasteiger charge is 2.11. The van der Waals surface area contributed by atoms with Gasteiger partial charge in [0, 0.05) is 6.42 Å². The molecule has 5 nitrogen and oxygen atoms in total. The Hall–Kier alpha value is -2.53. The highest BCUT2D eigenvalue weighted by Crippen LogP contribution is 2.24. The molecule has 0 bridgehead atoms. The molecule has 0 radical (unpaired) electrons. The number of rotatable bonds is 6. The van der Waals surface area contributed by atoms with Crippen LogP contribution in [0.5, 0.6) is 5.75 Å². The summed E-state index contributed by atoms with van der Waals surface area (Å²) < 4.78 is 9.89. The first-order valence-electron chi connectivity index (χ1n) is 7.76. The summed E-state index contributed by atoms with van der Waals surface area (Å²) >= 11 is 6.08. The van der Waals surface area contributed by atoms with Crippen molar-refractivity contribution in [1.29, 1.82) is 0 Å². The van der Waals surface area contributed by atoms with E-state index in [4.69, 9.17) is 16.3 Å². The van der Waals surface area contributed by atoms with Crippen LogP contribution in [0.1, 0.15) is 27.9 Å². The summed E-state index contributed by atoms with van der Waals surface area (Å²) in [5.74, 6) is 0.151. The Morgan fingerprint density at radius 2 is 1.88 bits per heavy atom. The molecule has 0 unspecified atom stereocenters. The molecule has 6 heteroatoms. The van der Waals surface area contributed by atoms with Crippen LogP contribution in [-0.4, -0.2) is 26.1 Å². The predicted octanol–water partition coefficient (Wildman–Crippen LogP) is 4.01. The van der Waals surface area contributed by atoms with Crippen LogP contribution in [0.15, 0.2) is 36.4 Å². The third-order valence-electron chi connectivity index (χ3n) is 3.76. The van der Waals surface area contributed by atoms with E-state index in [1.54, 1.807) is 19.2 Å². The standard InChI is InChI=1S/C19H20ClNO4/c1-12-10-13(4-8-17(12)24-2)5-9-18(22)21-16-11-14(19(23)25-3)6-7-15(16)20/h4,6-8,10-11H,5,9H2,1-3H3,(H,21,22). The largest absolute Gasteiger partial charge is 0.496 e. The number of ether oxygens (including phenoxy) is 2. The Kier molecular flexibility index (Phi) is 6.42. The summed E-state index contributed by atoms with van der Waals surface area (Å²) in [7, 11) is 2.92. The Labute approximate surface area is 151 Å². The van der Waals surface area contributed by atoms with Crippen molar-refractivity contribution in [2.45, 2.75) is 19.8 Å². The first-order chi connectivity index (χ1) is 11.9. The minimum Gasteiger partial charge on any atom is -0.496 e. The van der Waals surface area contributed by atoms with Crippen LogP contribution in [0.2, 0.25) is 5.02 Å². The lowest BCUT2D eigenvalue weighted by atomic mass is 10.1. The van der Waals surface area contributed by atoms with Crippen LogP contribution in [0.25, 0.3) is 0 Å². The lowest BCUT2D eigenvalue weighted by Gasteiger charge is -2.10. The number of halogens is 1. The highest BCUT2D eigenvalue weighted by molar-refractivity contribution is 6.33. The predicted molar refractivity (Wildman–Crippen MR) is 97.5 cm³/mol. The smallest absolute Gasteiger partial charge is 0.337 e. The Balaban J connectivity index is 2.00. The van der Waals surface area contributed by atoms with Crippen LogP contribution in [0.4, 0.5) is 5.69 Å². The fraction of sp³-hybridized carbons (Fsp3) is 0.263. The number of benzene rings is 2. The van der Waals surface area contributed by atoms with Crippen molar-refractivity contribution >= 4 is 29.2 Å². The third-order valence-corrected chi connectivity index (χ3v) is 4.09. The zero-order valence-electron chi connectivity index (χ0n) is 14.4. The molecule has 0 heterocycles. The van der Waals surface area contributed by atoms with Crippen LogP contribution in [0, 0.1) is 6.92 Å². The van der Waals surface area contributed by atoms with Crippen LogP contribution < -0.4 is 10.1 Å². The lowest BCUT2D eigenvalue weighted by Crippen LogP contribution is -2.13. The van der Waals surface area contributed by atoms with E-state index in [0.717, 1.165) is 16.9 Å². The highest BCUT2D eigenvalue weighted by atomic mass is 35.5. The maximum atomic E-state index is 12.2. The van der Waals surface area contributed by atoms with E-state index in [1.165, 1.54) is 13.2 Å². The summed E-state index contributed by atoms with van der Waals surface area (Å²) in [5.41, 5.74) is 2.78. The molecule has 0 saturated heterocycles. The van der Waals surface area contributed by atoms with Gasteiger partial charge in [-0.15, -0.1) is 0 Å². The minimum atomic E-state index is -0.485. The van der Waals surface area contributed by atoms with Crippen LogP contribution >= 0.6 is 11.6 Å². The number of esters is 1. The average molecular weight is 362 g/mol. The SMILES string of the molecule is COC(=O)c1ccc(Cl)c(NC(=O)CCc2ccc(OC)c(C)c2)c1. The maximum absolute atomic E-state index is 12.2. The second kappa shape index (κ2) is 8.53. The molecule has 2 aromatic rings. The van der Waals surface area contributed by atoms with Crippen molar-refractivity contribution in [1.82, 2.24) is 0 Å². The number of hydrogen-bond acceptors (Lipinski definition) is 4. The Morgan fingerprint density at radius 3 is 2.52 bits per heavy atom. The Morgan fingerprint density at radius 1 is 1.12 bits per heavy atom. The van der Waals surface area contributed by atoms with Crippen molar-refractivity contribution in [3.8, 4) is 5.75 Å². The Bertz CT molecular complexity index is 789. The first kappa shape index (κ1) is 18.8. The zero-order chi connectivity index (χ0) is 18.4. The number of carbonyl (C=O) groups excluding carboxylic acids is 2. The van der Waals surface area contributed by atoms with E-state index < -0.39 is 5.97 Å². The maximum Gasteiger partial charge on any atom is 0.337 e. The van der Waals surface area contributed by atoms with Gasteiger partial charge in [-0.25, -0.2) is 4.79 Å². The summed E-state index contributed by atoms with van der Waals surface area (Å²) in [4.78, 5) is 23.8. The molecule has 0 fully saturated rings. The summed E-state index contributed by atoms with van der Waals surface area (Å²) in [6.07, 6.45) is 0.884. The molecule has 0 aliphatic heterocycles. The van der Waals surface area contributed by atoms with Crippen molar-refractivity contribution in [3.05, 3.63) is 58.1 Å². The molecule has 0 aliphatic carbocycles. The molecule has 1 N–H and O–H groups in total. The van der Waals surface area contributed by atoms with Gasteiger partial charge in [0.15, 0.2) is 0 Å². The zero-order valence-corrected chi connectivity index (χ0v) is 15.1. The third kappa shape index (κ3) is 4.97. The summed E-state index contributed by atoms with van der Waals surface area (Å²) in [5, 5.41) is 3.10. The van der Waals surface area contributed by atoms with E-state index in [-0.39, 0.29) is 5.91 Å². The van der Waals surface area contributed by atoms with Crippen LogP contribution in [0.3, 0.4) is 0 Å².